The predicted molar refractivity (Wildman–Crippen MR) is 117 cm³/mol. The molecule has 0 aliphatic carbocycles. The Labute approximate surface area is 176 Å². The van der Waals surface area contributed by atoms with Gasteiger partial charge in [-0.3, -0.25) is 4.98 Å². The zero-order valence-corrected chi connectivity index (χ0v) is 17.5. The average Bonchev–Trinajstić information content (AvgIpc) is 3.28. The van der Waals surface area contributed by atoms with Crippen LogP contribution in [0.4, 0.5) is 0 Å². The maximum absolute atomic E-state index is 6.15. The minimum absolute atomic E-state index is 0.404. The molecular weight excluding hydrogens is 374 g/mol. The fourth-order valence-electron chi connectivity index (χ4n) is 3.61. The van der Waals surface area contributed by atoms with E-state index in [-0.39, 0.29) is 0 Å². The SMILES string of the molecule is Cc1cc(OCCc2ccccc2-n2cnnn2)cc(-c2ccncc2C(C)C)c1. The summed E-state index contributed by atoms with van der Waals surface area (Å²) in [5.41, 5.74) is 6.87. The van der Waals surface area contributed by atoms with Gasteiger partial charge in [0, 0.05) is 18.8 Å². The van der Waals surface area contributed by atoms with Gasteiger partial charge in [-0.15, -0.1) is 5.10 Å². The van der Waals surface area contributed by atoms with Gasteiger partial charge in [0.2, 0.25) is 0 Å². The monoisotopic (exact) mass is 399 g/mol. The molecule has 2 heterocycles. The van der Waals surface area contributed by atoms with E-state index in [2.05, 4.69) is 71.6 Å². The van der Waals surface area contributed by atoms with Crippen molar-refractivity contribution in [3.63, 3.8) is 0 Å². The van der Waals surface area contributed by atoms with Crippen LogP contribution in [0.25, 0.3) is 16.8 Å². The van der Waals surface area contributed by atoms with E-state index in [9.17, 15) is 0 Å². The second-order valence-corrected chi connectivity index (χ2v) is 7.63. The molecule has 0 aliphatic heterocycles. The summed E-state index contributed by atoms with van der Waals surface area (Å²) in [6.45, 7) is 7.04. The highest BCUT2D eigenvalue weighted by Gasteiger charge is 2.11. The number of tetrazole rings is 1. The molecule has 152 valence electrons. The Kier molecular flexibility index (Phi) is 5.84. The van der Waals surface area contributed by atoms with E-state index in [4.69, 9.17) is 4.74 Å². The summed E-state index contributed by atoms with van der Waals surface area (Å²) in [5, 5.41) is 11.5. The normalized spacial score (nSPS) is 11.1. The third kappa shape index (κ3) is 4.38. The Morgan fingerprint density at radius 3 is 2.73 bits per heavy atom. The van der Waals surface area contributed by atoms with Crippen LogP contribution in [0.3, 0.4) is 0 Å². The Bertz CT molecular complexity index is 1120. The first-order valence-corrected chi connectivity index (χ1v) is 10.1. The first kappa shape index (κ1) is 19.8. The molecule has 4 aromatic rings. The molecule has 0 aliphatic rings. The van der Waals surface area contributed by atoms with Gasteiger partial charge in [0.05, 0.1) is 12.3 Å². The molecule has 0 spiro atoms. The number of hydrogen-bond donors (Lipinski definition) is 0. The van der Waals surface area contributed by atoms with Crippen molar-refractivity contribution in [2.45, 2.75) is 33.1 Å². The third-order valence-electron chi connectivity index (χ3n) is 5.06. The molecule has 0 unspecified atom stereocenters. The van der Waals surface area contributed by atoms with Crippen LogP contribution in [-0.2, 0) is 6.42 Å². The molecule has 0 N–H and O–H groups in total. The Morgan fingerprint density at radius 1 is 1.07 bits per heavy atom. The van der Waals surface area contributed by atoms with E-state index in [0.29, 0.717) is 12.5 Å². The quantitative estimate of drug-likeness (QED) is 0.447. The van der Waals surface area contributed by atoms with Crippen molar-refractivity contribution in [1.29, 1.82) is 0 Å². The van der Waals surface area contributed by atoms with Gasteiger partial charge in [-0.05, 0) is 75.4 Å². The number of aryl methyl sites for hydroxylation is 1. The Morgan fingerprint density at radius 2 is 1.93 bits per heavy atom. The van der Waals surface area contributed by atoms with E-state index in [1.165, 1.54) is 16.7 Å². The van der Waals surface area contributed by atoms with Crippen LogP contribution in [-0.4, -0.2) is 31.8 Å². The van der Waals surface area contributed by atoms with Gasteiger partial charge in [-0.2, -0.15) is 0 Å². The van der Waals surface area contributed by atoms with Crippen LogP contribution in [0.1, 0.15) is 36.5 Å². The summed E-state index contributed by atoms with van der Waals surface area (Å²) in [4.78, 5) is 4.30. The molecule has 0 saturated carbocycles. The number of nitrogens with zero attached hydrogens (tertiary/aromatic N) is 5. The molecule has 0 bridgehead atoms. The molecule has 2 aromatic carbocycles. The van der Waals surface area contributed by atoms with Crippen LogP contribution in [0.2, 0.25) is 0 Å². The molecule has 4 rings (SSSR count). The lowest BCUT2D eigenvalue weighted by Gasteiger charge is -2.15. The van der Waals surface area contributed by atoms with Crippen molar-refractivity contribution in [1.82, 2.24) is 25.2 Å². The largest absolute Gasteiger partial charge is 0.493 e. The number of aromatic nitrogens is 5. The van der Waals surface area contributed by atoms with Gasteiger partial charge in [-0.1, -0.05) is 38.1 Å². The fraction of sp³-hybridized carbons (Fsp3) is 0.250. The molecule has 30 heavy (non-hydrogen) atoms. The molecular formula is C24H25N5O. The lowest BCUT2D eigenvalue weighted by molar-refractivity contribution is 0.321. The molecule has 0 amide bonds. The molecule has 6 heteroatoms. The number of pyridine rings is 1. The molecule has 0 saturated heterocycles. The third-order valence-corrected chi connectivity index (χ3v) is 5.06. The summed E-state index contributed by atoms with van der Waals surface area (Å²) in [7, 11) is 0. The lowest BCUT2D eigenvalue weighted by Crippen LogP contribution is -2.06. The molecule has 2 aromatic heterocycles. The number of hydrogen-bond acceptors (Lipinski definition) is 5. The van der Waals surface area contributed by atoms with Gasteiger partial charge < -0.3 is 4.74 Å². The maximum Gasteiger partial charge on any atom is 0.143 e. The van der Waals surface area contributed by atoms with Gasteiger partial charge in [0.1, 0.15) is 12.1 Å². The second-order valence-electron chi connectivity index (χ2n) is 7.63. The van der Waals surface area contributed by atoms with Crippen molar-refractivity contribution >= 4 is 0 Å². The molecule has 0 radical (unpaired) electrons. The van der Waals surface area contributed by atoms with Crippen LogP contribution in [0.5, 0.6) is 5.75 Å². The van der Waals surface area contributed by atoms with Crippen molar-refractivity contribution in [3.05, 3.63) is 83.9 Å². The average molecular weight is 399 g/mol. The summed E-state index contributed by atoms with van der Waals surface area (Å²) >= 11 is 0. The van der Waals surface area contributed by atoms with Crippen LogP contribution >= 0.6 is 0 Å². The molecule has 0 atom stereocenters. The number of ether oxygens (including phenoxy) is 1. The molecule has 0 fully saturated rings. The van der Waals surface area contributed by atoms with Crippen LogP contribution in [0.15, 0.2) is 67.3 Å². The molecule has 6 nitrogen and oxygen atoms in total. The smallest absolute Gasteiger partial charge is 0.143 e. The van der Waals surface area contributed by atoms with Gasteiger partial charge in [0.15, 0.2) is 0 Å². The van der Waals surface area contributed by atoms with Crippen molar-refractivity contribution in [3.8, 4) is 22.6 Å². The fourth-order valence-corrected chi connectivity index (χ4v) is 3.61. The minimum atomic E-state index is 0.404. The standard InChI is InChI=1S/C24H25N5O/c1-17(2)23-15-25-10-8-22(23)20-12-18(3)13-21(14-20)30-11-9-19-6-4-5-7-24(19)29-16-26-27-28-29/h4-8,10,12-17H,9,11H2,1-3H3. The first-order valence-electron chi connectivity index (χ1n) is 10.1. The van der Waals surface area contributed by atoms with E-state index in [1.54, 1.807) is 11.0 Å². The van der Waals surface area contributed by atoms with Crippen molar-refractivity contribution < 1.29 is 4.74 Å². The van der Waals surface area contributed by atoms with Crippen molar-refractivity contribution in [2.75, 3.05) is 6.61 Å². The Hall–Kier alpha value is -3.54. The second kappa shape index (κ2) is 8.86. The maximum atomic E-state index is 6.15. The summed E-state index contributed by atoms with van der Waals surface area (Å²) in [6, 6.07) is 16.5. The van der Waals surface area contributed by atoms with E-state index in [1.807, 2.05) is 30.6 Å². The zero-order chi connectivity index (χ0) is 20.9. The predicted octanol–water partition coefficient (Wildman–Crippen LogP) is 4.78. The minimum Gasteiger partial charge on any atom is -0.493 e. The number of para-hydroxylation sites is 1. The van der Waals surface area contributed by atoms with Crippen molar-refractivity contribution in [2.24, 2.45) is 0 Å². The topological polar surface area (TPSA) is 65.7 Å². The van der Waals surface area contributed by atoms with E-state index < -0.39 is 0 Å². The van der Waals surface area contributed by atoms with Gasteiger partial charge in [-0.25, -0.2) is 4.68 Å². The van der Waals surface area contributed by atoms with Gasteiger partial charge in [0.25, 0.3) is 0 Å². The van der Waals surface area contributed by atoms with Crippen LogP contribution < -0.4 is 4.74 Å². The summed E-state index contributed by atoms with van der Waals surface area (Å²) < 4.78 is 7.83. The summed E-state index contributed by atoms with van der Waals surface area (Å²) in [5.74, 6) is 1.28. The van der Waals surface area contributed by atoms with Crippen LogP contribution in [0, 0.1) is 6.92 Å². The highest BCUT2D eigenvalue weighted by molar-refractivity contribution is 5.69. The van der Waals surface area contributed by atoms with Gasteiger partial charge >= 0.3 is 0 Å². The highest BCUT2D eigenvalue weighted by Crippen LogP contribution is 2.31. The summed E-state index contributed by atoms with van der Waals surface area (Å²) in [6.07, 6.45) is 6.16. The number of rotatable bonds is 7. The lowest BCUT2D eigenvalue weighted by atomic mass is 9.94. The van der Waals surface area contributed by atoms with E-state index >= 15 is 0 Å². The number of benzene rings is 2. The first-order chi connectivity index (χ1) is 14.6. The zero-order valence-electron chi connectivity index (χ0n) is 17.5. The highest BCUT2D eigenvalue weighted by atomic mass is 16.5. The van der Waals surface area contributed by atoms with E-state index in [0.717, 1.165) is 29.0 Å². The Balaban J connectivity index is 1.52.